The summed E-state index contributed by atoms with van der Waals surface area (Å²) >= 11 is 1.57. The van der Waals surface area contributed by atoms with Gasteiger partial charge >= 0.3 is 6.01 Å². The Balaban J connectivity index is 2.68. The molecule has 0 spiro atoms. The number of thioether (sulfide) groups is 1. The second-order valence-electron chi connectivity index (χ2n) is 2.77. The third-order valence-corrected chi connectivity index (χ3v) is 2.57. The molecule has 84 valence electrons. The van der Waals surface area contributed by atoms with E-state index in [9.17, 15) is 0 Å². The van der Waals surface area contributed by atoms with Crippen LogP contribution in [0.4, 0.5) is 5.95 Å². The number of aromatic nitrogens is 3. The molecule has 0 bridgehead atoms. The summed E-state index contributed by atoms with van der Waals surface area (Å²) in [4.78, 5) is 12.1. The minimum absolute atomic E-state index is 0.275. The Bertz CT molecular complexity index is 287. The topological polar surface area (TPSA) is 86.0 Å². The number of nitrogens with zero attached hydrogens (tertiary/aromatic N) is 3. The van der Waals surface area contributed by atoms with E-state index in [1.54, 1.807) is 11.8 Å². The Morgan fingerprint density at radius 1 is 1.40 bits per heavy atom. The lowest BCUT2D eigenvalue weighted by molar-refractivity contribution is 0.373. The molecular formula is C8H15N5OS. The Morgan fingerprint density at radius 2 is 2.20 bits per heavy atom. The van der Waals surface area contributed by atoms with Crippen molar-refractivity contribution in [2.45, 2.75) is 24.9 Å². The standard InChI is InChI=1S/C8H15N5OS/c1-3-4-5-15-8-11-6(13-9)10-7(12-8)14-2/h3-5,9H2,1-2H3,(H,10,11,12,13). The first-order valence-electron chi connectivity index (χ1n) is 4.69. The van der Waals surface area contributed by atoms with Crippen LogP contribution < -0.4 is 16.0 Å². The molecule has 0 unspecified atom stereocenters. The predicted molar refractivity (Wildman–Crippen MR) is 59.8 cm³/mol. The van der Waals surface area contributed by atoms with E-state index in [4.69, 9.17) is 10.6 Å². The van der Waals surface area contributed by atoms with Crippen molar-refractivity contribution >= 4 is 17.7 Å². The molecule has 1 aromatic rings. The first-order chi connectivity index (χ1) is 7.30. The van der Waals surface area contributed by atoms with Gasteiger partial charge in [-0.05, 0) is 6.42 Å². The van der Waals surface area contributed by atoms with Gasteiger partial charge in [0.2, 0.25) is 5.95 Å². The zero-order valence-electron chi connectivity index (χ0n) is 8.86. The Morgan fingerprint density at radius 3 is 2.80 bits per heavy atom. The molecule has 0 aliphatic carbocycles. The number of nitrogens with two attached hydrogens (primary N) is 1. The summed E-state index contributed by atoms with van der Waals surface area (Å²) in [6.45, 7) is 2.14. The molecule has 0 aliphatic rings. The molecule has 0 aliphatic heterocycles. The summed E-state index contributed by atoms with van der Waals surface area (Å²) in [5.41, 5.74) is 2.38. The largest absolute Gasteiger partial charge is 0.467 e. The number of anilines is 1. The van der Waals surface area contributed by atoms with Gasteiger partial charge in [-0.25, -0.2) is 5.84 Å². The second kappa shape index (κ2) is 6.41. The van der Waals surface area contributed by atoms with E-state index >= 15 is 0 Å². The molecule has 0 radical (unpaired) electrons. The number of rotatable bonds is 6. The van der Waals surface area contributed by atoms with E-state index in [0.717, 1.165) is 18.6 Å². The van der Waals surface area contributed by atoms with E-state index in [0.29, 0.717) is 11.1 Å². The van der Waals surface area contributed by atoms with Gasteiger partial charge in [0.15, 0.2) is 5.16 Å². The molecule has 0 aromatic carbocycles. The van der Waals surface area contributed by atoms with Crippen molar-refractivity contribution in [1.82, 2.24) is 15.0 Å². The highest BCUT2D eigenvalue weighted by Crippen LogP contribution is 2.18. The Kier molecular flexibility index (Phi) is 5.13. The molecule has 7 heteroatoms. The first-order valence-corrected chi connectivity index (χ1v) is 5.68. The fourth-order valence-corrected chi connectivity index (χ4v) is 1.78. The summed E-state index contributed by atoms with van der Waals surface area (Å²) in [6, 6.07) is 0.275. The van der Waals surface area contributed by atoms with Gasteiger partial charge in [-0.1, -0.05) is 25.1 Å². The number of methoxy groups -OCH3 is 1. The molecule has 15 heavy (non-hydrogen) atoms. The number of unbranched alkanes of at least 4 members (excludes halogenated alkanes) is 1. The van der Waals surface area contributed by atoms with Crippen LogP contribution in [-0.4, -0.2) is 27.8 Å². The van der Waals surface area contributed by atoms with Crippen LogP contribution in [0.1, 0.15) is 19.8 Å². The Hall–Kier alpha value is -1.08. The van der Waals surface area contributed by atoms with Gasteiger partial charge in [-0.3, -0.25) is 5.43 Å². The fraction of sp³-hybridized carbons (Fsp3) is 0.625. The quantitative estimate of drug-likeness (QED) is 0.326. The monoisotopic (exact) mass is 229 g/mol. The van der Waals surface area contributed by atoms with E-state index in [2.05, 4.69) is 27.3 Å². The molecule has 1 aromatic heterocycles. The molecule has 1 heterocycles. The maximum absolute atomic E-state index is 5.23. The normalized spacial score (nSPS) is 10.1. The molecule has 0 saturated heterocycles. The van der Waals surface area contributed by atoms with Crippen LogP contribution in [0.5, 0.6) is 6.01 Å². The van der Waals surface area contributed by atoms with E-state index < -0.39 is 0 Å². The van der Waals surface area contributed by atoms with Crippen LogP contribution in [0, 0.1) is 0 Å². The van der Waals surface area contributed by atoms with Gasteiger partial charge in [0, 0.05) is 5.75 Å². The van der Waals surface area contributed by atoms with Crippen molar-refractivity contribution < 1.29 is 4.74 Å². The van der Waals surface area contributed by atoms with Gasteiger partial charge in [0.05, 0.1) is 7.11 Å². The van der Waals surface area contributed by atoms with Crippen molar-refractivity contribution in [3.8, 4) is 6.01 Å². The van der Waals surface area contributed by atoms with Crippen molar-refractivity contribution in [2.24, 2.45) is 5.84 Å². The van der Waals surface area contributed by atoms with Crippen molar-refractivity contribution in [3.63, 3.8) is 0 Å². The highest BCUT2D eigenvalue weighted by atomic mass is 32.2. The van der Waals surface area contributed by atoms with Gasteiger partial charge in [0.25, 0.3) is 0 Å². The fourth-order valence-electron chi connectivity index (χ4n) is 0.866. The first kappa shape index (κ1) is 12.0. The minimum atomic E-state index is 0.275. The van der Waals surface area contributed by atoms with Crippen molar-refractivity contribution in [2.75, 3.05) is 18.3 Å². The smallest absolute Gasteiger partial charge is 0.321 e. The lowest BCUT2D eigenvalue weighted by Gasteiger charge is -2.04. The molecule has 1 rings (SSSR count). The number of nitrogen functional groups attached to an aromatic ring is 1. The van der Waals surface area contributed by atoms with Gasteiger partial charge in [0.1, 0.15) is 0 Å². The molecule has 0 amide bonds. The van der Waals surface area contributed by atoms with Crippen LogP contribution in [0.2, 0.25) is 0 Å². The average molecular weight is 229 g/mol. The Labute approximate surface area is 93.0 Å². The average Bonchev–Trinajstić information content (AvgIpc) is 2.29. The third-order valence-electron chi connectivity index (χ3n) is 1.64. The summed E-state index contributed by atoms with van der Waals surface area (Å²) < 4.78 is 4.93. The summed E-state index contributed by atoms with van der Waals surface area (Å²) in [6.07, 6.45) is 2.28. The number of nitrogens with one attached hydrogen (secondary N) is 1. The summed E-state index contributed by atoms with van der Waals surface area (Å²) in [5.74, 6) is 6.53. The summed E-state index contributed by atoms with van der Waals surface area (Å²) in [5, 5.41) is 0.628. The highest BCUT2D eigenvalue weighted by molar-refractivity contribution is 7.99. The zero-order chi connectivity index (χ0) is 11.1. The predicted octanol–water partition coefficient (Wildman–Crippen LogP) is 1.06. The number of hydrogen-bond acceptors (Lipinski definition) is 7. The van der Waals surface area contributed by atoms with E-state index in [-0.39, 0.29) is 6.01 Å². The van der Waals surface area contributed by atoms with Crippen LogP contribution >= 0.6 is 11.8 Å². The molecule has 0 fully saturated rings. The van der Waals surface area contributed by atoms with Gasteiger partial charge in [-0.2, -0.15) is 15.0 Å². The number of ether oxygens (including phenoxy) is 1. The minimum Gasteiger partial charge on any atom is -0.467 e. The molecule has 6 nitrogen and oxygen atoms in total. The van der Waals surface area contributed by atoms with Crippen molar-refractivity contribution in [3.05, 3.63) is 0 Å². The SMILES string of the molecule is CCCCSc1nc(NN)nc(OC)n1. The maximum atomic E-state index is 5.23. The number of hydrogen-bond donors (Lipinski definition) is 2. The third kappa shape index (κ3) is 3.88. The van der Waals surface area contributed by atoms with Crippen LogP contribution in [0.3, 0.4) is 0 Å². The van der Waals surface area contributed by atoms with Gasteiger partial charge in [-0.15, -0.1) is 0 Å². The highest BCUT2D eigenvalue weighted by Gasteiger charge is 2.05. The zero-order valence-corrected chi connectivity index (χ0v) is 9.67. The maximum Gasteiger partial charge on any atom is 0.321 e. The molecule has 0 atom stereocenters. The van der Waals surface area contributed by atoms with Crippen LogP contribution in [-0.2, 0) is 0 Å². The van der Waals surface area contributed by atoms with E-state index in [1.807, 2.05) is 0 Å². The molecular weight excluding hydrogens is 214 g/mol. The lowest BCUT2D eigenvalue weighted by atomic mass is 10.4. The van der Waals surface area contributed by atoms with Gasteiger partial charge < -0.3 is 4.74 Å². The van der Waals surface area contributed by atoms with Crippen LogP contribution in [0.25, 0.3) is 0 Å². The molecule has 3 N–H and O–H groups in total. The van der Waals surface area contributed by atoms with E-state index in [1.165, 1.54) is 7.11 Å². The van der Waals surface area contributed by atoms with Crippen molar-refractivity contribution in [1.29, 1.82) is 0 Å². The second-order valence-corrected chi connectivity index (χ2v) is 3.84. The number of hydrazine groups is 1. The van der Waals surface area contributed by atoms with Crippen LogP contribution in [0.15, 0.2) is 5.16 Å². The lowest BCUT2D eigenvalue weighted by Crippen LogP contribution is -2.12. The summed E-state index contributed by atoms with van der Waals surface area (Å²) in [7, 11) is 1.51. The molecule has 0 saturated carbocycles.